The van der Waals surface area contributed by atoms with Crippen LogP contribution in [0.5, 0.6) is 17.2 Å². The third kappa shape index (κ3) is 3.34. The van der Waals surface area contributed by atoms with Crippen LogP contribution in [0.25, 0.3) is 0 Å². The quantitative estimate of drug-likeness (QED) is 0.764. The van der Waals surface area contributed by atoms with Gasteiger partial charge in [-0.1, -0.05) is 18.2 Å². The Balaban J connectivity index is 1.99. The van der Waals surface area contributed by atoms with Crippen LogP contribution < -0.4 is 24.8 Å². The Morgan fingerprint density at radius 3 is 2.25 bits per heavy atom. The van der Waals surface area contributed by atoms with Crippen LogP contribution in [0.2, 0.25) is 0 Å². The Labute approximate surface area is 187 Å². The van der Waals surface area contributed by atoms with Gasteiger partial charge in [0.2, 0.25) is 5.75 Å². The average molecular weight is 431 g/mol. The van der Waals surface area contributed by atoms with Gasteiger partial charge in [-0.3, -0.25) is 9.69 Å². The minimum atomic E-state index is -0.614. The van der Waals surface area contributed by atoms with E-state index in [1.165, 1.54) is 21.3 Å². The Morgan fingerprint density at radius 1 is 1.03 bits per heavy atom. The van der Waals surface area contributed by atoms with Crippen molar-refractivity contribution in [1.82, 2.24) is 0 Å². The zero-order chi connectivity index (χ0) is 22.8. The summed E-state index contributed by atoms with van der Waals surface area (Å²) in [7, 11) is 4.60. The van der Waals surface area contributed by atoms with Crippen LogP contribution in [0, 0.1) is 11.3 Å². The molecule has 32 heavy (non-hydrogen) atoms. The summed E-state index contributed by atoms with van der Waals surface area (Å²) >= 11 is 0. The van der Waals surface area contributed by atoms with Crippen LogP contribution in [-0.4, -0.2) is 27.1 Å². The first kappa shape index (κ1) is 21.3. The number of hydrogen-bond acceptors (Lipinski definition) is 7. The summed E-state index contributed by atoms with van der Waals surface area (Å²) in [5.74, 6) is 1.08. The Hall–Kier alpha value is -3.92. The largest absolute Gasteiger partial charge is 0.493 e. The van der Waals surface area contributed by atoms with Crippen LogP contribution in [-0.2, 0) is 4.79 Å². The van der Waals surface area contributed by atoms with Crippen molar-refractivity contribution in [3.05, 3.63) is 70.7 Å². The number of nitrogens with two attached hydrogens (primary N) is 1. The summed E-state index contributed by atoms with van der Waals surface area (Å²) in [5, 5.41) is 10.2. The van der Waals surface area contributed by atoms with Crippen molar-refractivity contribution in [2.45, 2.75) is 25.2 Å². The highest BCUT2D eigenvalue weighted by Gasteiger charge is 2.40. The predicted octanol–water partition coefficient (Wildman–Crippen LogP) is 4.02. The van der Waals surface area contributed by atoms with Gasteiger partial charge in [-0.15, -0.1) is 0 Å². The Morgan fingerprint density at radius 2 is 1.69 bits per heavy atom. The number of Topliss-reactive ketones (excluding diaryl/α,β-unsaturated/α-hetero) is 1. The second-order valence-corrected chi connectivity index (χ2v) is 7.61. The molecule has 164 valence electrons. The molecule has 7 nitrogen and oxygen atoms in total. The number of carbonyl (C=O) groups excluding carboxylic acids is 1. The van der Waals surface area contributed by atoms with E-state index in [1.807, 2.05) is 35.2 Å². The van der Waals surface area contributed by atoms with Crippen LogP contribution in [0.1, 0.15) is 30.7 Å². The topological polar surface area (TPSA) is 97.8 Å². The van der Waals surface area contributed by atoms with Gasteiger partial charge in [-0.05, 0) is 42.7 Å². The van der Waals surface area contributed by atoms with Crippen LogP contribution in [0.15, 0.2) is 65.1 Å². The predicted molar refractivity (Wildman–Crippen MR) is 120 cm³/mol. The van der Waals surface area contributed by atoms with E-state index in [4.69, 9.17) is 19.9 Å². The highest BCUT2D eigenvalue weighted by atomic mass is 16.5. The van der Waals surface area contributed by atoms with Gasteiger partial charge in [0.05, 0.1) is 38.9 Å². The molecule has 1 atom stereocenters. The summed E-state index contributed by atoms with van der Waals surface area (Å²) in [6.07, 6.45) is 1.86. The molecule has 2 aromatic carbocycles. The van der Waals surface area contributed by atoms with E-state index in [0.717, 1.165) is 17.8 Å². The van der Waals surface area contributed by atoms with E-state index >= 15 is 0 Å². The number of benzene rings is 2. The lowest BCUT2D eigenvalue weighted by Crippen LogP contribution is -2.38. The van der Waals surface area contributed by atoms with Crippen molar-refractivity contribution >= 4 is 11.5 Å². The molecule has 1 aliphatic carbocycles. The molecule has 2 aromatic rings. The second kappa shape index (κ2) is 8.67. The van der Waals surface area contributed by atoms with E-state index in [0.29, 0.717) is 52.6 Å². The molecule has 0 saturated heterocycles. The molecule has 7 heteroatoms. The third-order valence-electron chi connectivity index (χ3n) is 5.95. The van der Waals surface area contributed by atoms with Crippen molar-refractivity contribution in [3.63, 3.8) is 0 Å². The molecule has 0 amide bonds. The van der Waals surface area contributed by atoms with Crippen molar-refractivity contribution < 1.29 is 19.0 Å². The van der Waals surface area contributed by atoms with Crippen LogP contribution >= 0.6 is 0 Å². The second-order valence-electron chi connectivity index (χ2n) is 7.61. The summed E-state index contributed by atoms with van der Waals surface area (Å²) in [6, 6.07) is 15.4. The molecule has 1 heterocycles. The highest BCUT2D eigenvalue weighted by Crippen LogP contribution is 2.49. The van der Waals surface area contributed by atoms with Gasteiger partial charge in [-0.2, -0.15) is 5.26 Å². The first-order chi connectivity index (χ1) is 15.5. The molecule has 0 aromatic heterocycles. The van der Waals surface area contributed by atoms with Crippen molar-refractivity contribution in [3.8, 4) is 23.3 Å². The number of ketones is 1. The number of nitriles is 1. The number of methoxy groups -OCH3 is 3. The van der Waals surface area contributed by atoms with Crippen molar-refractivity contribution in [2.75, 3.05) is 26.2 Å². The monoisotopic (exact) mass is 431 g/mol. The van der Waals surface area contributed by atoms with Gasteiger partial charge >= 0.3 is 0 Å². The first-order valence-electron chi connectivity index (χ1n) is 10.4. The number of anilines is 1. The number of hydrogen-bond donors (Lipinski definition) is 1. The van der Waals surface area contributed by atoms with Gasteiger partial charge in [0.15, 0.2) is 17.3 Å². The van der Waals surface area contributed by atoms with Gasteiger partial charge < -0.3 is 19.9 Å². The lowest BCUT2D eigenvalue weighted by Gasteiger charge is -2.39. The fraction of sp³-hybridized carbons (Fsp3) is 0.280. The molecule has 0 bridgehead atoms. The highest BCUT2D eigenvalue weighted by molar-refractivity contribution is 6.01. The Bertz CT molecular complexity index is 1140. The van der Waals surface area contributed by atoms with Crippen LogP contribution in [0.3, 0.4) is 0 Å². The summed E-state index contributed by atoms with van der Waals surface area (Å²) < 4.78 is 16.5. The fourth-order valence-electron chi connectivity index (χ4n) is 4.56. The summed E-state index contributed by atoms with van der Waals surface area (Å²) in [4.78, 5) is 15.1. The average Bonchev–Trinajstić information content (AvgIpc) is 2.83. The number of ether oxygens (including phenoxy) is 3. The zero-order valence-electron chi connectivity index (χ0n) is 18.3. The van der Waals surface area contributed by atoms with Gasteiger partial charge in [0.25, 0.3) is 0 Å². The van der Waals surface area contributed by atoms with Gasteiger partial charge in [0.1, 0.15) is 5.82 Å². The molecule has 1 aliphatic heterocycles. The lowest BCUT2D eigenvalue weighted by molar-refractivity contribution is -0.116. The van der Waals surface area contributed by atoms with E-state index < -0.39 is 5.92 Å². The summed E-state index contributed by atoms with van der Waals surface area (Å²) in [6.45, 7) is 0. The zero-order valence-corrected chi connectivity index (χ0v) is 18.3. The number of carbonyl (C=O) groups is 1. The smallest absolute Gasteiger partial charge is 0.203 e. The maximum absolute atomic E-state index is 13.2. The molecular formula is C25H25N3O4. The lowest BCUT2D eigenvalue weighted by atomic mass is 9.75. The molecule has 0 fully saturated rings. The number of allylic oxidation sites excluding steroid dienone is 3. The molecule has 0 unspecified atom stereocenters. The molecule has 2 N–H and O–H groups in total. The van der Waals surface area contributed by atoms with Gasteiger partial charge in [-0.25, -0.2) is 0 Å². The molecule has 0 spiro atoms. The normalized spacial score (nSPS) is 18.2. The summed E-state index contributed by atoms with van der Waals surface area (Å²) in [5.41, 5.74) is 9.86. The van der Waals surface area contributed by atoms with E-state index in [1.54, 1.807) is 12.1 Å². The fourth-order valence-corrected chi connectivity index (χ4v) is 4.56. The maximum Gasteiger partial charge on any atom is 0.203 e. The molecule has 4 rings (SSSR count). The van der Waals surface area contributed by atoms with E-state index in [9.17, 15) is 10.1 Å². The minimum absolute atomic E-state index is 0.0196. The van der Waals surface area contributed by atoms with Crippen LogP contribution in [0.4, 0.5) is 5.69 Å². The molecule has 0 radical (unpaired) electrons. The standard InChI is InChI=1S/C25H25N3O4/c1-30-20-12-15(13-21(31-2)24(20)32-3)22-17(14-26)25(27)28(16-8-5-4-6-9-16)18-10-7-11-19(29)23(18)22/h4-6,8-9,12-13,22H,7,10-11,27H2,1-3H3/t22-/m0/s1. The van der Waals surface area contributed by atoms with E-state index in [-0.39, 0.29) is 5.78 Å². The SMILES string of the molecule is COc1cc([C@H]2C(C#N)=C(N)N(c3ccccc3)C3=C2C(=O)CCC3)cc(OC)c1OC. The molecular weight excluding hydrogens is 406 g/mol. The maximum atomic E-state index is 13.2. The minimum Gasteiger partial charge on any atom is -0.493 e. The number of para-hydroxylation sites is 1. The first-order valence-corrected chi connectivity index (χ1v) is 10.4. The number of rotatable bonds is 5. The van der Waals surface area contributed by atoms with Gasteiger partial charge in [0, 0.05) is 23.4 Å². The van der Waals surface area contributed by atoms with E-state index in [2.05, 4.69) is 6.07 Å². The number of nitrogens with zero attached hydrogens (tertiary/aromatic N) is 2. The molecule has 2 aliphatic rings. The molecule has 0 saturated carbocycles. The van der Waals surface area contributed by atoms with Crippen molar-refractivity contribution in [1.29, 1.82) is 5.26 Å². The Kier molecular flexibility index (Phi) is 5.78. The van der Waals surface area contributed by atoms with Crippen molar-refractivity contribution in [2.24, 2.45) is 5.73 Å². The third-order valence-corrected chi connectivity index (χ3v) is 5.95.